The molecular weight excluding hydrogens is 979 g/mol. The molecular formula is C54H84N11O11+. The summed E-state index contributed by atoms with van der Waals surface area (Å²) in [7, 11) is 0. The molecule has 22 nitrogen and oxygen atoms in total. The SMILES string of the molecule is CCCCCC(C)(CC)[C@@H]1CC(=O)N(CCC(=O)N[C@H](C(=O)N[C@@H](C)C(=O)Nc2ccc(COC(=O)NCCCC(=O)N[C@@H]3[C@@H](O)[C@H](C)[C@@H](Nc4ncnc5c4[nH]c[n+]5C(CC)CCC)O[C@H]3CO)cc2)C(C)C)C1=O. The lowest BCUT2D eigenvalue weighted by Crippen LogP contribution is -2.63. The number of amides is 7. The topological polar surface area (TPSA) is 299 Å². The van der Waals surface area contributed by atoms with Crippen LogP contribution < -0.4 is 36.5 Å². The van der Waals surface area contributed by atoms with E-state index in [0.717, 1.165) is 57.0 Å². The maximum absolute atomic E-state index is 13.4. The normalized spacial score (nSPS) is 21.6. The molecule has 22 heteroatoms. The van der Waals surface area contributed by atoms with Crippen molar-refractivity contribution in [1.82, 2.24) is 41.1 Å². The Balaban J connectivity index is 0.989. The Morgan fingerprint density at radius 3 is 2.36 bits per heavy atom. The Kier molecular flexibility index (Phi) is 22.9. The number of nitrogens with one attached hydrogen (secondary N) is 7. The number of unbranched alkanes of at least 4 members (excludes halogenated alkanes) is 2. The Labute approximate surface area is 446 Å². The number of benzene rings is 1. The summed E-state index contributed by atoms with van der Waals surface area (Å²) in [6, 6.07) is 3.94. The van der Waals surface area contributed by atoms with Gasteiger partial charge < -0.3 is 51.6 Å². The van der Waals surface area contributed by atoms with E-state index in [1.165, 1.54) is 18.2 Å². The number of aromatic nitrogens is 4. The molecule has 3 aromatic rings. The van der Waals surface area contributed by atoms with E-state index in [4.69, 9.17) is 9.47 Å². The number of alkyl carbamates (subject to hydrolysis) is 1. The summed E-state index contributed by atoms with van der Waals surface area (Å²) < 4.78 is 13.6. The van der Waals surface area contributed by atoms with Crippen LogP contribution in [0.1, 0.15) is 151 Å². The van der Waals surface area contributed by atoms with Crippen molar-refractivity contribution < 1.29 is 57.8 Å². The van der Waals surface area contributed by atoms with Crippen molar-refractivity contribution in [2.24, 2.45) is 23.2 Å². The maximum Gasteiger partial charge on any atom is 0.407 e. The minimum Gasteiger partial charge on any atom is -0.445 e. The highest BCUT2D eigenvalue weighted by molar-refractivity contribution is 6.04. The van der Waals surface area contributed by atoms with E-state index in [2.05, 4.69) is 79.1 Å². The summed E-state index contributed by atoms with van der Waals surface area (Å²) in [6.07, 6.45) is 7.80. The van der Waals surface area contributed by atoms with E-state index in [9.17, 15) is 43.8 Å². The number of imidazole rings is 1. The highest BCUT2D eigenvalue weighted by Gasteiger charge is 2.48. The van der Waals surface area contributed by atoms with Crippen LogP contribution in [0.5, 0.6) is 0 Å². The predicted molar refractivity (Wildman–Crippen MR) is 284 cm³/mol. The lowest BCUT2D eigenvalue weighted by atomic mass is 9.70. The van der Waals surface area contributed by atoms with Crippen molar-refractivity contribution in [3.05, 3.63) is 42.5 Å². The highest BCUT2D eigenvalue weighted by atomic mass is 16.5. The molecule has 0 bridgehead atoms. The Hall–Kier alpha value is -6.26. The lowest BCUT2D eigenvalue weighted by Gasteiger charge is -2.43. The molecule has 2 saturated heterocycles. The van der Waals surface area contributed by atoms with Crippen molar-refractivity contribution >= 4 is 64.2 Å². The van der Waals surface area contributed by atoms with Gasteiger partial charge in [0.25, 0.3) is 0 Å². The number of hydrogen-bond acceptors (Lipinski definition) is 14. The van der Waals surface area contributed by atoms with Gasteiger partial charge in [-0.25, -0.2) is 9.36 Å². The Morgan fingerprint density at radius 1 is 0.961 bits per heavy atom. The van der Waals surface area contributed by atoms with Crippen LogP contribution in [0.2, 0.25) is 0 Å². The standard InChI is InChI=1S/C54H83N11O11/c1-10-14-15-24-54(9,13-4)38-27-42(69)64(52(38)73)26-23-41(68)61-43(32(5)6)50(72)59-34(8)49(71)60-36-21-19-35(20-22-36)29-75-53(74)55-25-16-18-40(67)62-44-39(28-66)76-51(33(7)46(44)70)63-47-45-48(57-30-56-47)65(31-58-45)37(12-3)17-11-2/h19-22,30-34,37-39,43-44,46,51,66,70H,10-18,23-29H2,1-9H3,(H6,55,56,57,59,60,61,62,63,67,68,71,72,74)/p+1/t33-,34-,37?,38+,39-,43-,44-,46-,51-,54?/m0/s1. The van der Waals surface area contributed by atoms with Crippen LogP contribution in [-0.4, -0.2) is 128 Å². The molecule has 5 rings (SSSR count). The number of H-pyrrole nitrogens is 1. The number of ether oxygens (including phenoxy) is 2. The van der Waals surface area contributed by atoms with Crippen molar-refractivity contribution in [1.29, 1.82) is 0 Å². The van der Waals surface area contributed by atoms with E-state index in [-0.39, 0.29) is 74.6 Å². The molecule has 2 aliphatic heterocycles. The molecule has 0 saturated carbocycles. The van der Waals surface area contributed by atoms with Gasteiger partial charge in [0.2, 0.25) is 41.0 Å². The Bertz CT molecular complexity index is 2430. The average molecular weight is 1060 g/mol. The number of rotatable bonds is 29. The zero-order chi connectivity index (χ0) is 55.7. The summed E-state index contributed by atoms with van der Waals surface area (Å²) >= 11 is 0. The summed E-state index contributed by atoms with van der Waals surface area (Å²) in [4.78, 5) is 105. The number of likely N-dealkylation sites (tertiary alicyclic amines) is 1. The van der Waals surface area contributed by atoms with Gasteiger partial charge >= 0.3 is 11.7 Å². The van der Waals surface area contributed by atoms with Gasteiger partial charge in [-0.1, -0.05) is 98.2 Å². The second kappa shape index (κ2) is 28.8. The van der Waals surface area contributed by atoms with Crippen molar-refractivity contribution in [2.45, 2.75) is 189 Å². The third-order valence-electron chi connectivity index (χ3n) is 15.1. The minimum absolute atomic E-state index is 0.0103. The molecule has 0 radical (unpaired) electrons. The molecule has 9 N–H and O–H groups in total. The number of carbonyl (C=O) groups excluding carboxylic acids is 7. The molecule has 1 aromatic carbocycles. The van der Waals surface area contributed by atoms with Crippen LogP contribution in [0.25, 0.3) is 11.2 Å². The third kappa shape index (κ3) is 15.9. The zero-order valence-electron chi connectivity index (χ0n) is 45.9. The molecule has 0 aliphatic carbocycles. The monoisotopic (exact) mass is 1060 g/mol. The first-order valence-electron chi connectivity index (χ1n) is 27.3. The number of anilines is 2. The van der Waals surface area contributed by atoms with Crippen LogP contribution in [0.15, 0.2) is 36.9 Å². The number of aliphatic hydroxyl groups excluding tert-OH is 2. The fourth-order valence-electron chi connectivity index (χ4n) is 9.95. The first-order chi connectivity index (χ1) is 36.3. The van der Waals surface area contributed by atoms with Gasteiger partial charge in [0.15, 0.2) is 18.5 Å². The van der Waals surface area contributed by atoms with E-state index in [0.29, 0.717) is 22.6 Å². The molecule has 4 heterocycles. The summed E-state index contributed by atoms with van der Waals surface area (Å²) in [5, 5.41) is 38.4. The number of nitrogens with zero attached hydrogens (tertiary/aromatic N) is 4. The largest absolute Gasteiger partial charge is 0.445 e. The smallest absolute Gasteiger partial charge is 0.407 e. The van der Waals surface area contributed by atoms with E-state index >= 15 is 0 Å². The number of carbonyl (C=O) groups is 7. The number of imide groups is 1. The fourth-order valence-corrected chi connectivity index (χ4v) is 9.95. The van der Waals surface area contributed by atoms with Crippen molar-refractivity contribution in [3.63, 3.8) is 0 Å². The van der Waals surface area contributed by atoms with Gasteiger partial charge in [0, 0.05) is 44.0 Å². The summed E-state index contributed by atoms with van der Waals surface area (Å²) in [6.45, 7) is 16.8. The van der Waals surface area contributed by atoms with Gasteiger partial charge in [0.1, 0.15) is 31.0 Å². The molecule has 0 spiro atoms. The second-order valence-electron chi connectivity index (χ2n) is 21.0. The molecule has 2 unspecified atom stereocenters. The second-order valence-corrected chi connectivity index (χ2v) is 21.0. The van der Waals surface area contributed by atoms with Gasteiger partial charge in [-0.15, -0.1) is 0 Å². The molecule has 76 heavy (non-hydrogen) atoms. The van der Waals surface area contributed by atoms with Gasteiger partial charge in [-0.2, -0.15) is 4.98 Å². The molecule has 10 atom stereocenters. The van der Waals surface area contributed by atoms with Crippen LogP contribution in [0, 0.1) is 23.2 Å². The fraction of sp³-hybridized carbons (Fsp3) is 0.667. The zero-order valence-corrected chi connectivity index (χ0v) is 45.9. The van der Waals surface area contributed by atoms with E-state index < -0.39 is 84.7 Å². The first kappa shape index (κ1) is 60.6. The van der Waals surface area contributed by atoms with Crippen LogP contribution in [-0.2, 0) is 44.8 Å². The predicted octanol–water partition coefficient (Wildman–Crippen LogP) is 4.66. The van der Waals surface area contributed by atoms with Gasteiger partial charge in [0.05, 0.1) is 30.7 Å². The highest BCUT2D eigenvalue weighted by Crippen LogP contribution is 2.43. The van der Waals surface area contributed by atoms with Gasteiger partial charge in [-0.3, -0.25) is 38.7 Å². The Morgan fingerprint density at radius 2 is 1.70 bits per heavy atom. The third-order valence-corrected chi connectivity index (χ3v) is 15.1. The molecule has 2 fully saturated rings. The molecule has 420 valence electrons. The summed E-state index contributed by atoms with van der Waals surface area (Å²) in [5.74, 6) is -3.33. The van der Waals surface area contributed by atoms with Crippen molar-refractivity contribution in [2.75, 3.05) is 30.3 Å². The average Bonchev–Trinajstić information content (AvgIpc) is 3.97. The first-order valence-corrected chi connectivity index (χ1v) is 27.3. The lowest BCUT2D eigenvalue weighted by molar-refractivity contribution is -0.701. The van der Waals surface area contributed by atoms with E-state index in [1.807, 2.05) is 13.3 Å². The minimum atomic E-state index is -1.08. The van der Waals surface area contributed by atoms with Crippen molar-refractivity contribution in [3.8, 4) is 0 Å². The maximum atomic E-state index is 13.4. The van der Waals surface area contributed by atoms with Crippen LogP contribution >= 0.6 is 0 Å². The molecule has 2 aliphatic rings. The van der Waals surface area contributed by atoms with Crippen LogP contribution in [0.4, 0.5) is 16.3 Å². The number of fused-ring (bicyclic) bond motifs is 1. The van der Waals surface area contributed by atoms with Crippen LogP contribution in [0.3, 0.4) is 0 Å². The quantitative estimate of drug-likeness (QED) is 0.0260. The van der Waals surface area contributed by atoms with E-state index in [1.54, 1.807) is 45.0 Å². The summed E-state index contributed by atoms with van der Waals surface area (Å²) in [5.41, 5.74) is 2.16. The molecule has 2 aromatic heterocycles. The number of aromatic amines is 1. The molecule has 7 amide bonds. The number of aliphatic hydroxyl groups is 2. The number of hydrogen-bond donors (Lipinski definition) is 9. The van der Waals surface area contributed by atoms with Gasteiger partial charge in [-0.05, 0) is 68.1 Å².